The molecule has 196 valence electrons. The number of aromatic amines is 1. The lowest BCUT2D eigenvalue weighted by molar-refractivity contribution is 0.248. The van der Waals surface area contributed by atoms with Crippen molar-refractivity contribution < 1.29 is 13.5 Å². The minimum absolute atomic E-state index is 0.209. The Hall–Kier alpha value is -4.03. The van der Waals surface area contributed by atoms with Gasteiger partial charge in [-0.15, -0.1) is 0 Å². The quantitative estimate of drug-likeness (QED) is 0.325. The summed E-state index contributed by atoms with van der Waals surface area (Å²) in [4.78, 5) is 11.7. The Morgan fingerprint density at radius 3 is 2.89 bits per heavy atom. The summed E-state index contributed by atoms with van der Waals surface area (Å²) < 4.78 is 34.2. The lowest BCUT2D eigenvalue weighted by Crippen LogP contribution is -2.29. The summed E-state index contributed by atoms with van der Waals surface area (Å²) in [6, 6.07) is 10.7. The van der Waals surface area contributed by atoms with Gasteiger partial charge in [-0.1, -0.05) is 6.07 Å². The fourth-order valence-electron chi connectivity index (χ4n) is 5.24. The highest BCUT2D eigenvalue weighted by molar-refractivity contribution is 5.94. The molecule has 2 N–H and O–H groups in total. The Morgan fingerprint density at radius 1 is 1.24 bits per heavy atom. The van der Waals surface area contributed by atoms with Gasteiger partial charge in [-0.3, -0.25) is 5.41 Å². The van der Waals surface area contributed by atoms with Crippen LogP contribution in [0, 0.1) is 34.3 Å². The lowest BCUT2D eigenvalue weighted by atomic mass is 10.0. The summed E-state index contributed by atoms with van der Waals surface area (Å²) in [7, 11) is 2.10. The van der Waals surface area contributed by atoms with Gasteiger partial charge >= 0.3 is 0 Å². The van der Waals surface area contributed by atoms with E-state index < -0.39 is 11.6 Å². The molecule has 7 nitrogen and oxygen atoms in total. The number of halogens is 2. The van der Waals surface area contributed by atoms with E-state index in [1.54, 1.807) is 29.3 Å². The van der Waals surface area contributed by atoms with Crippen molar-refractivity contribution in [3.63, 3.8) is 0 Å². The fraction of sp³-hybridized carbons (Fsp3) is 0.345. The van der Waals surface area contributed by atoms with Crippen LogP contribution in [0.25, 0.3) is 17.3 Å². The van der Waals surface area contributed by atoms with Gasteiger partial charge in [0.1, 0.15) is 35.1 Å². The predicted molar refractivity (Wildman–Crippen MR) is 142 cm³/mol. The monoisotopic (exact) mass is 516 g/mol. The number of hydrogen-bond donors (Lipinski definition) is 2. The van der Waals surface area contributed by atoms with E-state index in [0.717, 1.165) is 49.3 Å². The van der Waals surface area contributed by atoms with Gasteiger partial charge in [-0.25, -0.2) is 13.8 Å². The van der Waals surface area contributed by atoms with Crippen LogP contribution in [-0.4, -0.2) is 58.9 Å². The Bertz CT molecular complexity index is 1390. The number of benzene rings is 2. The number of likely N-dealkylation sites (tertiary alicyclic amines) is 2. The highest BCUT2D eigenvalue weighted by atomic mass is 19.1. The maximum atomic E-state index is 14.4. The first-order valence-corrected chi connectivity index (χ1v) is 12.8. The highest BCUT2D eigenvalue weighted by Crippen LogP contribution is 2.34. The van der Waals surface area contributed by atoms with E-state index in [9.17, 15) is 14.0 Å². The van der Waals surface area contributed by atoms with E-state index in [-0.39, 0.29) is 17.4 Å². The van der Waals surface area contributed by atoms with Crippen molar-refractivity contribution in [2.24, 2.45) is 5.92 Å². The first-order valence-electron chi connectivity index (χ1n) is 12.8. The number of nitrogens with one attached hydrogen (secondary N) is 2. The fourth-order valence-corrected chi connectivity index (χ4v) is 5.24. The topological polar surface area (TPSA) is 92.0 Å². The van der Waals surface area contributed by atoms with E-state index in [1.807, 2.05) is 12.1 Å². The number of H-pyrrole nitrogens is 1. The van der Waals surface area contributed by atoms with Gasteiger partial charge in [0, 0.05) is 30.1 Å². The summed E-state index contributed by atoms with van der Waals surface area (Å²) in [5.41, 5.74) is 2.36. The van der Waals surface area contributed by atoms with Crippen molar-refractivity contribution in [3.05, 3.63) is 77.3 Å². The van der Waals surface area contributed by atoms with Crippen molar-refractivity contribution in [2.75, 3.05) is 33.3 Å². The van der Waals surface area contributed by atoms with Gasteiger partial charge in [0.15, 0.2) is 0 Å². The van der Waals surface area contributed by atoms with Gasteiger partial charge in [0.05, 0.1) is 30.1 Å². The summed E-state index contributed by atoms with van der Waals surface area (Å²) in [5.74, 6) is 0.816. The molecule has 2 unspecified atom stereocenters. The van der Waals surface area contributed by atoms with Crippen molar-refractivity contribution >= 4 is 11.9 Å². The number of aromatic nitrogens is 2. The molecule has 0 amide bonds. The van der Waals surface area contributed by atoms with Gasteiger partial charge < -0.3 is 19.5 Å². The van der Waals surface area contributed by atoms with Gasteiger partial charge in [0.2, 0.25) is 0 Å². The van der Waals surface area contributed by atoms with E-state index in [1.165, 1.54) is 6.07 Å². The zero-order chi connectivity index (χ0) is 26.6. The second-order valence-corrected chi connectivity index (χ2v) is 9.97. The smallest absolute Gasteiger partial charge is 0.137 e. The molecule has 0 aliphatic carbocycles. The second kappa shape index (κ2) is 11.2. The maximum Gasteiger partial charge on any atom is 0.137 e. The van der Waals surface area contributed by atoms with Crippen molar-refractivity contribution in [2.45, 2.75) is 25.3 Å². The molecule has 1 aromatic heterocycles. The van der Waals surface area contributed by atoms with Crippen molar-refractivity contribution in [1.82, 2.24) is 19.8 Å². The second-order valence-electron chi connectivity index (χ2n) is 9.97. The first kappa shape index (κ1) is 25.6. The molecule has 0 spiro atoms. The number of hydrogen-bond acceptors (Lipinski definition) is 5. The normalized spacial score (nSPS) is 19.8. The van der Waals surface area contributed by atoms with E-state index in [4.69, 9.17) is 10.1 Å². The molecule has 0 saturated carbocycles. The van der Waals surface area contributed by atoms with Crippen LogP contribution >= 0.6 is 0 Å². The first-order chi connectivity index (χ1) is 18.4. The van der Waals surface area contributed by atoms with Gasteiger partial charge in [-0.2, -0.15) is 5.26 Å². The summed E-state index contributed by atoms with van der Waals surface area (Å²) in [6.07, 6.45) is 7.54. The highest BCUT2D eigenvalue weighted by Gasteiger charge is 2.29. The zero-order valence-corrected chi connectivity index (χ0v) is 21.3. The van der Waals surface area contributed by atoms with E-state index >= 15 is 0 Å². The summed E-state index contributed by atoms with van der Waals surface area (Å²) in [5, 5.41) is 18.1. The minimum atomic E-state index is -0.485. The van der Waals surface area contributed by atoms with Crippen LogP contribution in [0.2, 0.25) is 0 Å². The third kappa shape index (κ3) is 5.60. The molecule has 2 aromatic carbocycles. The number of nitriles is 1. The zero-order valence-electron chi connectivity index (χ0n) is 21.3. The minimum Gasteiger partial charge on any atom is -0.492 e. The summed E-state index contributed by atoms with van der Waals surface area (Å²) >= 11 is 0. The molecule has 0 radical (unpaired) electrons. The molecule has 0 bridgehead atoms. The van der Waals surface area contributed by atoms with Gasteiger partial charge in [0.25, 0.3) is 0 Å². The van der Waals surface area contributed by atoms with Crippen LogP contribution in [-0.2, 0) is 0 Å². The molecule has 9 heteroatoms. The Balaban J connectivity index is 1.27. The van der Waals surface area contributed by atoms with Crippen molar-refractivity contribution in [3.8, 4) is 23.1 Å². The Kier molecular flexibility index (Phi) is 7.52. The SMILES string of the molecule is CN1CCC(COc2cc(-c3cnc(/C=C\C(=N)N4CCCC4c4cc(F)ccc4F)[nH]3)ccc2C#N)C1. The molecule has 2 atom stereocenters. The average Bonchev–Trinajstić information content (AvgIpc) is 3.68. The standard InChI is InChI=1S/C29H30F2N6O/c1-36-12-10-19(17-36)18-38-27-13-20(4-5-21(27)15-32)25-16-34-29(35-25)9-8-28(33)37-11-2-3-26(37)23-14-22(30)6-7-24(23)31/h4-9,13-14,16,19,26,33H,2-3,10-12,17-18H2,1H3,(H,34,35)/b9-8-,33-28?. The van der Waals surface area contributed by atoms with Crippen LogP contribution in [0.15, 0.2) is 48.7 Å². The molecule has 2 saturated heterocycles. The molecule has 2 fully saturated rings. The van der Waals surface area contributed by atoms with Gasteiger partial charge in [-0.05, 0) is 75.3 Å². The average molecular weight is 517 g/mol. The molecule has 2 aliphatic rings. The summed E-state index contributed by atoms with van der Waals surface area (Å²) in [6.45, 7) is 3.21. The van der Waals surface area contributed by atoms with Crippen LogP contribution in [0.3, 0.4) is 0 Å². The molecule has 3 aromatic rings. The molecule has 5 rings (SSSR count). The lowest BCUT2D eigenvalue weighted by Gasteiger charge is -2.26. The molecule has 38 heavy (non-hydrogen) atoms. The molecule has 2 aliphatic heterocycles. The number of rotatable bonds is 7. The predicted octanol–water partition coefficient (Wildman–Crippen LogP) is 5.38. The largest absolute Gasteiger partial charge is 0.492 e. The van der Waals surface area contributed by atoms with E-state index in [2.05, 4.69) is 28.0 Å². The number of ether oxygens (including phenoxy) is 1. The molecule has 3 heterocycles. The van der Waals surface area contributed by atoms with E-state index in [0.29, 0.717) is 42.6 Å². The van der Waals surface area contributed by atoms with Crippen LogP contribution in [0.4, 0.5) is 8.78 Å². The van der Waals surface area contributed by atoms with Crippen LogP contribution in [0.1, 0.15) is 42.3 Å². The Morgan fingerprint density at radius 2 is 2.11 bits per heavy atom. The maximum absolute atomic E-state index is 14.4. The number of nitrogens with zero attached hydrogens (tertiary/aromatic N) is 4. The number of amidine groups is 1. The van der Waals surface area contributed by atoms with Crippen LogP contribution in [0.5, 0.6) is 5.75 Å². The molecular weight excluding hydrogens is 486 g/mol. The number of imidazole rings is 1. The van der Waals surface area contributed by atoms with Crippen LogP contribution < -0.4 is 4.74 Å². The third-order valence-electron chi connectivity index (χ3n) is 7.25. The molecular formula is C29H30F2N6O. The third-order valence-corrected chi connectivity index (χ3v) is 7.25. The van der Waals surface area contributed by atoms with Crippen molar-refractivity contribution in [1.29, 1.82) is 10.7 Å². The Labute approximate surface area is 220 Å².